The van der Waals surface area contributed by atoms with Crippen molar-refractivity contribution in [3.8, 4) is 11.5 Å². The van der Waals surface area contributed by atoms with Crippen molar-refractivity contribution in [1.29, 1.82) is 0 Å². The van der Waals surface area contributed by atoms with Gasteiger partial charge in [-0.2, -0.15) is 0 Å². The second-order valence-electron chi connectivity index (χ2n) is 22.4. The van der Waals surface area contributed by atoms with Crippen molar-refractivity contribution < 1.29 is 46.2 Å². The average molecular weight is 924 g/mol. The van der Waals surface area contributed by atoms with Gasteiger partial charge >= 0.3 is 15.2 Å². The van der Waals surface area contributed by atoms with Gasteiger partial charge in [-0.3, -0.25) is 18.9 Å². The summed E-state index contributed by atoms with van der Waals surface area (Å²) in [7, 11) is -3.54. The maximum Gasteiger partial charge on any atom is 0.345 e. The summed E-state index contributed by atoms with van der Waals surface area (Å²) < 4.78 is 81.8. The van der Waals surface area contributed by atoms with Crippen molar-refractivity contribution in [3.05, 3.63) is 58.7 Å². The number of hydrogen-bond acceptors (Lipinski definition) is 13. The zero-order chi connectivity index (χ0) is 47.5. The van der Waals surface area contributed by atoms with Gasteiger partial charge in [0.1, 0.15) is 24.1 Å². The third-order valence-corrected chi connectivity index (χ3v) is 14.5. The Bertz CT molecular complexity index is 1870. The second kappa shape index (κ2) is 20.6. The van der Waals surface area contributed by atoms with Crippen LogP contribution in [0.15, 0.2) is 36.4 Å². The maximum atomic E-state index is 15.4. The first-order chi connectivity index (χ1) is 28.6. The minimum absolute atomic E-state index is 0.0126. The minimum atomic E-state index is -3.86. The van der Waals surface area contributed by atoms with E-state index >= 15 is 9.13 Å². The SMILES string of the molecule is CN(C)CCCCC(CN(Cc1cccc2c1OC(C)(C)OC2)CP(=O)(OC(C)(C)C)OC(C)(C)C)N(Cc1cccc2c1OC(C)(C)OC2)CP(=O)(OC(C)(C)C)OC(C)(C)C. The molecule has 0 radical (unpaired) electrons. The van der Waals surface area contributed by atoms with E-state index in [2.05, 4.69) is 40.9 Å². The highest BCUT2D eigenvalue weighted by atomic mass is 31.2. The van der Waals surface area contributed by atoms with E-state index in [-0.39, 0.29) is 18.6 Å². The monoisotopic (exact) mass is 924 g/mol. The van der Waals surface area contributed by atoms with Crippen LogP contribution in [-0.2, 0) is 63.0 Å². The quantitative estimate of drug-likeness (QED) is 0.0927. The van der Waals surface area contributed by atoms with Crippen molar-refractivity contribution in [2.45, 2.75) is 196 Å². The van der Waals surface area contributed by atoms with Gasteiger partial charge in [0.2, 0.25) is 11.6 Å². The Labute approximate surface area is 381 Å². The summed E-state index contributed by atoms with van der Waals surface area (Å²) in [6.45, 7) is 33.2. The largest absolute Gasteiger partial charge is 0.462 e. The zero-order valence-electron chi connectivity index (χ0n) is 42.1. The average Bonchev–Trinajstić information content (AvgIpc) is 3.05. The molecule has 0 spiro atoms. The molecule has 0 saturated heterocycles. The van der Waals surface area contributed by atoms with Crippen LogP contribution in [0.3, 0.4) is 0 Å². The van der Waals surface area contributed by atoms with Crippen LogP contribution in [0.2, 0.25) is 0 Å². The first-order valence-electron chi connectivity index (χ1n) is 22.6. The lowest BCUT2D eigenvalue weighted by atomic mass is 10.0. The highest BCUT2D eigenvalue weighted by molar-refractivity contribution is 7.54. The fourth-order valence-corrected chi connectivity index (χ4v) is 12.9. The summed E-state index contributed by atoms with van der Waals surface area (Å²) in [6.07, 6.45) is 2.49. The van der Waals surface area contributed by atoms with Crippen molar-refractivity contribution in [3.63, 3.8) is 0 Å². The van der Waals surface area contributed by atoms with Gasteiger partial charge in [0, 0.05) is 75.6 Å². The molecule has 2 aliphatic heterocycles. The molecule has 2 aromatic carbocycles. The van der Waals surface area contributed by atoms with E-state index in [1.54, 1.807) is 0 Å². The van der Waals surface area contributed by atoms with E-state index in [9.17, 15) is 0 Å². The summed E-state index contributed by atoms with van der Waals surface area (Å²) in [5.41, 5.74) is 0.632. The van der Waals surface area contributed by atoms with Crippen LogP contribution in [-0.4, -0.2) is 94.5 Å². The molecular formula is C48H83N3O10P2. The molecule has 4 rings (SSSR count). The van der Waals surface area contributed by atoms with Crippen molar-refractivity contribution >= 4 is 15.2 Å². The molecule has 2 aliphatic rings. The fourth-order valence-electron chi connectivity index (χ4n) is 7.78. The highest BCUT2D eigenvalue weighted by Gasteiger charge is 2.42. The molecule has 15 heteroatoms. The third-order valence-electron chi connectivity index (χ3n) is 9.73. The van der Waals surface area contributed by atoms with Crippen LogP contribution in [0.4, 0.5) is 0 Å². The van der Waals surface area contributed by atoms with E-state index in [0.29, 0.717) is 39.3 Å². The lowest BCUT2D eigenvalue weighted by Crippen LogP contribution is -2.46. The van der Waals surface area contributed by atoms with Gasteiger partial charge in [0.05, 0.1) is 35.6 Å². The molecule has 1 atom stereocenters. The number of hydrogen-bond donors (Lipinski definition) is 0. The molecule has 2 aromatic rings. The number of rotatable bonds is 20. The molecule has 0 aromatic heterocycles. The van der Waals surface area contributed by atoms with E-state index in [4.69, 9.17) is 37.0 Å². The molecule has 0 amide bonds. The molecule has 0 N–H and O–H groups in total. The summed E-state index contributed by atoms with van der Waals surface area (Å²) in [6, 6.07) is 11.9. The number of benzene rings is 2. The van der Waals surface area contributed by atoms with E-state index in [1.165, 1.54) is 0 Å². The van der Waals surface area contributed by atoms with E-state index in [0.717, 1.165) is 53.1 Å². The van der Waals surface area contributed by atoms with E-state index < -0.39 is 49.2 Å². The van der Waals surface area contributed by atoms with Crippen molar-refractivity contribution in [2.75, 3.05) is 39.8 Å². The van der Waals surface area contributed by atoms with Crippen LogP contribution in [0.5, 0.6) is 11.5 Å². The van der Waals surface area contributed by atoms with Crippen LogP contribution in [0.25, 0.3) is 0 Å². The molecule has 0 bridgehead atoms. The molecule has 1 unspecified atom stereocenters. The van der Waals surface area contributed by atoms with Gasteiger partial charge in [0.15, 0.2) is 0 Å². The van der Waals surface area contributed by atoms with Crippen LogP contribution < -0.4 is 9.47 Å². The predicted molar refractivity (Wildman–Crippen MR) is 252 cm³/mol. The lowest BCUT2D eigenvalue weighted by molar-refractivity contribution is -0.181. The highest BCUT2D eigenvalue weighted by Crippen LogP contribution is 2.57. The number of fused-ring (bicyclic) bond motifs is 2. The molecule has 63 heavy (non-hydrogen) atoms. The van der Waals surface area contributed by atoms with Crippen LogP contribution in [0.1, 0.15) is 152 Å². The number of unbranched alkanes of at least 4 members (excludes halogenated alkanes) is 1. The van der Waals surface area contributed by atoms with Gasteiger partial charge < -0.3 is 41.9 Å². The van der Waals surface area contributed by atoms with Gasteiger partial charge in [-0.05, 0) is 117 Å². The fraction of sp³-hybridized carbons (Fsp3) is 0.750. The van der Waals surface area contributed by atoms with Crippen molar-refractivity contribution in [2.24, 2.45) is 0 Å². The Morgan fingerprint density at radius 1 is 0.619 bits per heavy atom. The Morgan fingerprint density at radius 3 is 1.44 bits per heavy atom. The molecule has 0 fully saturated rings. The Balaban J connectivity index is 1.94. The minimum Gasteiger partial charge on any atom is -0.462 e. The van der Waals surface area contributed by atoms with Gasteiger partial charge in [-0.25, -0.2) is 0 Å². The zero-order valence-corrected chi connectivity index (χ0v) is 43.9. The smallest absolute Gasteiger partial charge is 0.345 e. The molecule has 0 aliphatic carbocycles. The number of ether oxygens (including phenoxy) is 4. The summed E-state index contributed by atoms with van der Waals surface area (Å²) >= 11 is 0. The Kier molecular flexibility index (Phi) is 17.5. The number of para-hydroxylation sites is 2. The first kappa shape index (κ1) is 53.8. The van der Waals surface area contributed by atoms with Gasteiger partial charge in [-0.15, -0.1) is 0 Å². The summed E-state index contributed by atoms with van der Waals surface area (Å²) in [5.74, 6) is -0.170. The van der Waals surface area contributed by atoms with E-state index in [1.807, 2.05) is 135 Å². The summed E-state index contributed by atoms with van der Waals surface area (Å²) in [4.78, 5) is 6.58. The first-order valence-corrected chi connectivity index (χ1v) is 26.1. The van der Waals surface area contributed by atoms with Gasteiger partial charge in [-0.1, -0.05) is 42.8 Å². The lowest BCUT2D eigenvalue weighted by Gasteiger charge is -2.41. The molecule has 2 heterocycles. The van der Waals surface area contributed by atoms with Crippen LogP contribution >= 0.6 is 15.2 Å². The second-order valence-corrected chi connectivity index (χ2v) is 26.2. The molecule has 360 valence electrons. The summed E-state index contributed by atoms with van der Waals surface area (Å²) in [5, 5.41) is 0. The number of nitrogens with zero attached hydrogens (tertiary/aromatic N) is 3. The molecule has 0 saturated carbocycles. The Hall–Kier alpha value is -1.86. The molecule has 13 nitrogen and oxygen atoms in total. The third kappa shape index (κ3) is 18.4. The topological polar surface area (TPSA) is 118 Å². The van der Waals surface area contributed by atoms with Crippen molar-refractivity contribution in [1.82, 2.24) is 14.7 Å². The van der Waals surface area contributed by atoms with Gasteiger partial charge in [0.25, 0.3) is 0 Å². The Morgan fingerprint density at radius 2 is 1.03 bits per heavy atom. The molecular weight excluding hydrogens is 840 g/mol. The maximum absolute atomic E-state index is 15.4. The normalized spacial score (nSPS) is 17.7. The van der Waals surface area contributed by atoms with Crippen LogP contribution in [0, 0.1) is 0 Å². The predicted octanol–water partition coefficient (Wildman–Crippen LogP) is 11.9. The standard InChI is InChI=1S/C48H83N3O10P2/c1-43(2,3)58-62(52,59-44(4,5)6)34-50(29-36-23-21-25-38-32-54-47(13,14)56-41(36)38)31-40(27-19-20-28-49(17)18)51(35-63(53,60-45(7,8)9)61-46(10,11)12)30-37-24-22-26-39-33-55-48(15,16)57-42(37)39/h21-26,40H,19-20,27-35H2,1-18H3.